The number of carboxylic acid groups (broad SMARTS) is 1. The van der Waals surface area contributed by atoms with Crippen molar-refractivity contribution in [2.75, 3.05) is 13.1 Å². The Morgan fingerprint density at radius 1 is 1.06 bits per heavy atom. The van der Waals surface area contributed by atoms with Gasteiger partial charge in [0, 0.05) is 13.1 Å². The van der Waals surface area contributed by atoms with Crippen molar-refractivity contribution in [3.05, 3.63) is 0 Å². The minimum atomic E-state index is -0.711. The van der Waals surface area contributed by atoms with Crippen LogP contribution in [0.1, 0.15) is 38.5 Å². The highest BCUT2D eigenvalue weighted by atomic mass is 16.4. The summed E-state index contributed by atoms with van der Waals surface area (Å²) in [6.45, 7) is 1.75. The Bertz CT molecular complexity index is 260. The van der Waals surface area contributed by atoms with E-state index in [-0.39, 0.29) is 12.2 Å². The molecule has 2 fully saturated rings. The molecule has 2 aliphatic heterocycles. The molecule has 2 atom stereocenters. The molecule has 2 saturated heterocycles. The second kappa shape index (κ2) is 5.12. The van der Waals surface area contributed by atoms with Gasteiger partial charge in [-0.2, -0.15) is 0 Å². The quantitative estimate of drug-likeness (QED) is 0.723. The van der Waals surface area contributed by atoms with E-state index in [4.69, 9.17) is 5.73 Å². The van der Waals surface area contributed by atoms with Gasteiger partial charge in [-0.15, -0.1) is 0 Å². The summed E-state index contributed by atoms with van der Waals surface area (Å²) < 4.78 is 0. The van der Waals surface area contributed by atoms with Gasteiger partial charge in [-0.3, -0.25) is 4.79 Å². The average Bonchev–Trinajstić information content (AvgIpc) is 2.29. The maximum absolute atomic E-state index is 11.2. The number of carbonyl (C=O) groups is 1. The molecule has 0 bridgehead atoms. The molecule has 0 aromatic heterocycles. The van der Waals surface area contributed by atoms with Crippen LogP contribution in [-0.4, -0.2) is 46.4 Å². The fourth-order valence-corrected chi connectivity index (χ4v) is 2.74. The number of hydrogen-bond donors (Lipinski definition) is 2. The van der Waals surface area contributed by atoms with Crippen LogP contribution in [0.3, 0.4) is 0 Å². The molecule has 2 rings (SSSR count). The normalized spacial score (nSPS) is 33.8. The number of hydrazine groups is 1. The number of hydrogen-bond acceptors (Lipinski definition) is 4. The number of nitrogens with two attached hydrogens (primary N) is 1. The second-order valence-corrected chi connectivity index (χ2v) is 4.74. The minimum absolute atomic E-state index is 0.00806. The Labute approximate surface area is 96.2 Å². The van der Waals surface area contributed by atoms with Gasteiger partial charge in [0.25, 0.3) is 0 Å². The Morgan fingerprint density at radius 2 is 1.69 bits per heavy atom. The lowest BCUT2D eigenvalue weighted by Crippen LogP contribution is -2.61. The first-order valence-electron chi connectivity index (χ1n) is 6.22. The van der Waals surface area contributed by atoms with Crippen molar-refractivity contribution in [3.8, 4) is 0 Å². The van der Waals surface area contributed by atoms with Crippen LogP contribution in [0.15, 0.2) is 0 Å². The Hall–Kier alpha value is -0.650. The summed E-state index contributed by atoms with van der Waals surface area (Å²) in [4.78, 5) is 11.2. The topological polar surface area (TPSA) is 69.8 Å². The van der Waals surface area contributed by atoms with Crippen LogP contribution in [0.4, 0.5) is 0 Å². The number of nitrogens with zero attached hydrogens (tertiary/aromatic N) is 2. The van der Waals surface area contributed by atoms with Gasteiger partial charge in [-0.05, 0) is 38.5 Å². The predicted octanol–water partition coefficient (Wildman–Crippen LogP) is 0.611. The van der Waals surface area contributed by atoms with E-state index in [1.807, 2.05) is 5.01 Å². The van der Waals surface area contributed by atoms with Gasteiger partial charge >= 0.3 is 5.97 Å². The van der Waals surface area contributed by atoms with Gasteiger partial charge in [0.05, 0.1) is 6.17 Å². The summed E-state index contributed by atoms with van der Waals surface area (Å²) in [6.07, 6.45) is 6.10. The molecule has 0 aliphatic carbocycles. The maximum atomic E-state index is 11.2. The predicted molar refractivity (Wildman–Crippen MR) is 60.5 cm³/mol. The summed E-state index contributed by atoms with van der Waals surface area (Å²) >= 11 is 0. The molecule has 0 aromatic carbocycles. The van der Waals surface area contributed by atoms with Crippen molar-refractivity contribution in [2.45, 2.75) is 50.7 Å². The summed E-state index contributed by atoms with van der Waals surface area (Å²) in [5, 5.41) is 13.3. The van der Waals surface area contributed by atoms with Gasteiger partial charge < -0.3 is 10.8 Å². The van der Waals surface area contributed by atoms with E-state index in [0.717, 1.165) is 51.6 Å². The first-order valence-corrected chi connectivity index (χ1v) is 6.22. The van der Waals surface area contributed by atoms with Gasteiger partial charge in [0.15, 0.2) is 0 Å². The average molecular weight is 227 g/mol. The minimum Gasteiger partial charge on any atom is -0.480 e. The van der Waals surface area contributed by atoms with E-state index in [1.54, 1.807) is 0 Å². The third kappa shape index (κ3) is 2.36. The molecule has 0 spiro atoms. The zero-order valence-electron chi connectivity index (χ0n) is 9.64. The SMILES string of the molecule is NC1CCCCN1N1CCCCC1C(=O)O. The number of aliphatic carboxylic acids is 1. The van der Waals surface area contributed by atoms with E-state index in [1.165, 1.54) is 0 Å². The van der Waals surface area contributed by atoms with Crippen LogP contribution in [-0.2, 0) is 4.79 Å². The van der Waals surface area contributed by atoms with Crippen molar-refractivity contribution in [3.63, 3.8) is 0 Å². The van der Waals surface area contributed by atoms with Crippen LogP contribution in [0.5, 0.6) is 0 Å². The summed E-state index contributed by atoms with van der Waals surface area (Å²) in [7, 11) is 0. The first-order chi connectivity index (χ1) is 7.70. The van der Waals surface area contributed by atoms with Crippen LogP contribution in [0.25, 0.3) is 0 Å². The molecule has 0 radical (unpaired) electrons. The molecule has 2 unspecified atom stereocenters. The first kappa shape index (κ1) is 11.8. The maximum Gasteiger partial charge on any atom is 0.322 e. The van der Waals surface area contributed by atoms with E-state index < -0.39 is 5.97 Å². The van der Waals surface area contributed by atoms with Crippen molar-refractivity contribution in [2.24, 2.45) is 5.73 Å². The second-order valence-electron chi connectivity index (χ2n) is 4.74. The Morgan fingerprint density at radius 3 is 2.31 bits per heavy atom. The number of carboxylic acids is 1. The lowest BCUT2D eigenvalue weighted by atomic mass is 10.0. The third-order valence-electron chi connectivity index (χ3n) is 3.61. The zero-order chi connectivity index (χ0) is 11.5. The highest BCUT2D eigenvalue weighted by Gasteiger charge is 2.35. The molecular formula is C11H21N3O2. The highest BCUT2D eigenvalue weighted by molar-refractivity contribution is 5.73. The summed E-state index contributed by atoms with van der Waals surface area (Å²) in [6, 6.07) is -0.363. The standard InChI is InChI=1S/C11H21N3O2/c12-10-6-2-4-8-14(10)13-7-3-1-5-9(13)11(15)16/h9-10H,1-8,12H2,(H,15,16). The third-order valence-corrected chi connectivity index (χ3v) is 3.61. The van der Waals surface area contributed by atoms with Crippen LogP contribution >= 0.6 is 0 Å². The number of piperidine rings is 2. The molecule has 3 N–H and O–H groups in total. The van der Waals surface area contributed by atoms with Crippen LogP contribution in [0, 0.1) is 0 Å². The number of rotatable bonds is 2. The lowest BCUT2D eigenvalue weighted by molar-refractivity contribution is -0.165. The molecule has 16 heavy (non-hydrogen) atoms. The van der Waals surface area contributed by atoms with Crippen molar-refractivity contribution in [1.29, 1.82) is 0 Å². The molecule has 2 aliphatic rings. The van der Waals surface area contributed by atoms with Crippen molar-refractivity contribution in [1.82, 2.24) is 10.0 Å². The Kier molecular flexibility index (Phi) is 3.78. The Balaban J connectivity index is 2.06. The molecule has 92 valence electrons. The fraction of sp³-hybridized carbons (Fsp3) is 0.909. The van der Waals surface area contributed by atoms with Gasteiger partial charge in [-0.25, -0.2) is 10.0 Å². The van der Waals surface area contributed by atoms with Crippen molar-refractivity contribution < 1.29 is 9.90 Å². The van der Waals surface area contributed by atoms with E-state index in [0.29, 0.717) is 0 Å². The summed E-state index contributed by atoms with van der Waals surface area (Å²) in [5.41, 5.74) is 6.06. The van der Waals surface area contributed by atoms with Crippen LogP contribution < -0.4 is 5.73 Å². The largest absolute Gasteiger partial charge is 0.480 e. The molecule has 0 amide bonds. The molecule has 2 heterocycles. The molecule has 5 heteroatoms. The fourth-order valence-electron chi connectivity index (χ4n) is 2.74. The molecule has 5 nitrogen and oxygen atoms in total. The van der Waals surface area contributed by atoms with Gasteiger partial charge in [-0.1, -0.05) is 0 Å². The van der Waals surface area contributed by atoms with Crippen molar-refractivity contribution >= 4 is 5.97 Å². The highest BCUT2D eigenvalue weighted by Crippen LogP contribution is 2.24. The molecule has 0 saturated carbocycles. The van der Waals surface area contributed by atoms with Gasteiger partial charge in [0.1, 0.15) is 6.04 Å². The summed E-state index contributed by atoms with van der Waals surface area (Å²) in [5.74, 6) is -0.711. The van der Waals surface area contributed by atoms with E-state index in [9.17, 15) is 9.90 Å². The van der Waals surface area contributed by atoms with Gasteiger partial charge in [0.2, 0.25) is 0 Å². The molecule has 0 aromatic rings. The lowest BCUT2D eigenvalue weighted by Gasteiger charge is -2.45. The smallest absolute Gasteiger partial charge is 0.322 e. The van der Waals surface area contributed by atoms with E-state index in [2.05, 4.69) is 5.01 Å². The van der Waals surface area contributed by atoms with Crippen LogP contribution in [0.2, 0.25) is 0 Å². The zero-order valence-corrected chi connectivity index (χ0v) is 9.64. The molecular weight excluding hydrogens is 206 g/mol. The monoisotopic (exact) mass is 227 g/mol. The van der Waals surface area contributed by atoms with E-state index >= 15 is 0 Å².